The van der Waals surface area contributed by atoms with E-state index in [-0.39, 0.29) is 6.23 Å². The largest absolute Gasteiger partial charge is 0.471 e. The monoisotopic (exact) mass is 303 g/mol. The van der Waals surface area contributed by atoms with Gasteiger partial charge in [-0.2, -0.15) is 0 Å². The van der Waals surface area contributed by atoms with Crippen LogP contribution in [-0.4, -0.2) is 12.8 Å². The van der Waals surface area contributed by atoms with Crippen molar-refractivity contribution in [2.45, 2.75) is 33.9 Å². The van der Waals surface area contributed by atoms with Gasteiger partial charge >= 0.3 is 0 Å². The number of anilines is 1. The fourth-order valence-corrected chi connectivity index (χ4v) is 2.61. The number of hydrogen-bond acceptors (Lipinski definition) is 2. The Bertz CT molecular complexity index is 574. The standard InChI is InChI=1S/C18H22ClNO/c1-5-20(16-9-7-6-8-10-16)15(4)21-17-11-13(2)18(19)14(3)12-17/h6-12,15H,5H2,1-4H3. The van der Waals surface area contributed by atoms with Crippen molar-refractivity contribution in [1.29, 1.82) is 0 Å². The van der Waals surface area contributed by atoms with Crippen molar-refractivity contribution in [3.05, 3.63) is 58.6 Å². The zero-order valence-electron chi connectivity index (χ0n) is 13.1. The van der Waals surface area contributed by atoms with Gasteiger partial charge in [0.15, 0.2) is 6.23 Å². The van der Waals surface area contributed by atoms with Crippen LogP contribution in [0, 0.1) is 13.8 Å². The van der Waals surface area contributed by atoms with Gasteiger partial charge in [-0.15, -0.1) is 0 Å². The molecule has 2 rings (SSSR count). The lowest BCUT2D eigenvalue weighted by molar-refractivity contribution is 0.216. The molecule has 0 aliphatic heterocycles. The van der Waals surface area contributed by atoms with Crippen molar-refractivity contribution in [2.24, 2.45) is 0 Å². The molecule has 21 heavy (non-hydrogen) atoms. The molecule has 2 nitrogen and oxygen atoms in total. The first kappa shape index (κ1) is 15.7. The Balaban J connectivity index is 2.18. The molecule has 0 radical (unpaired) electrons. The molecule has 3 heteroatoms. The van der Waals surface area contributed by atoms with Gasteiger partial charge in [0, 0.05) is 17.3 Å². The highest BCUT2D eigenvalue weighted by Gasteiger charge is 2.15. The van der Waals surface area contributed by atoms with E-state index in [2.05, 4.69) is 30.9 Å². The summed E-state index contributed by atoms with van der Waals surface area (Å²) in [7, 11) is 0. The Kier molecular flexibility index (Phi) is 5.13. The van der Waals surface area contributed by atoms with Gasteiger partial charge in [-0.05, 0) is 63.1 Å². The molecule has 0 fully saturated rings. The molecule has 0 spiro atoms. The Morgan fingerprint density at radius 2 is 1.67 bits per heavy atom. The molecule has 1 atom stereocenters. The lowest BCUT2D eigenvalue weighted by Gasteiger charge is -2.30. The highest BCUT2D eigenvalue weighted by Crippen LogP contribution is 2.27. The summed E-state index contributed by atoms with van der Waals surface area (Å²) >= 11 is 6.21. The normalized spacial score (nSPS) is 12.0. The van der Waals surface area contributed by atoms with Gasteiger partial charge in [0.1, 0.15) is 5.75 Å². The Hall–Kier alpha value is -1.67. The molecule has 0 saturated carbocycles. The summed E-state index contributed by atoms with van der Waals surface area (Å²) < 4.78 is 6.11. The molecule has 0 bridgehead atoms. The average Bonchev–Trinajstić information content (AvgIpc) is 2.46. The number of aryl methyl sites for hydroxylation is 2. The summed E-state index contributed by atoms with van der Waals surface area (Å²) in [5, 5.41) is 0.811. The summed E-state index contributed by atoms with van der Waals surface area (Å²) in [6.45, 7) is 9.08. The van der Waals surface area contributed by atoms with Gasteiger partial charge in [-0.1, -0.05) is 29.8 Å². The molecule has 0 amide bonds. The summed E-state index contributed by atoms with van der Waals surface area (Å²) in [5.41, 5.74) is 3.25. The smallest absolute Gasteiger partial charge is 0.169 e. The van der Waals surface area contributed by atoms with Crippen molar-refractivity contribution < 1.29 is 4.74 Å². The number of halogens is 1. The van der Waals surface area contributed by atoms with E-state index < -0.39 is 0 Å². The molecule has 2 aromatic carbocycles. The second kappa shape index (κ2) is 6.86. The van der Waals surface area contributed by atoms with Crippen LogP contribution >= 0.6 is 11.6 Å². The van der Waals surface area contributed by atoms with Crippen molar-refractivity contribution >= 4 is 17.3 Å². The van der Waals surface area contributed by atoms with E-state index >= 15 is 0 Å². The van der Waals surface area contributed by atoms with Gasteiger partial charge in [-0.25, -0.2) is 0 Å². The maximum atomic E-state index is 6.21. The highest BCUT2D eigenvalue weighted by atomic mass is 35.5. The highest BCUT2D eigenvalue weighted by molar-refractivity contribution is 6.32. The van der Waals surface area contributed by atoms with Crippen molar-refractivity contribution in [2.75, 3.05) is 11.4 Å². The van der Waals surface area contributed by atoms with Gasteiger partial charge in [0.25, 0.3) is 0 Å². The third-order valence-corrected chi connectivity index (χ3v) is 4.18. The van der Waals surface area contributed by atoms with E-state index in [0.717, 1.165) is 34.1 Å². The van der Waals surface area contributed by atoms with Crippen LogP contribution < -0.4 is 9.64 Å². The van der Waals surface area contributed by atoms with Crippen LogP contribution in [-0.2, 0) is 0 Å². The zero-order chi connectivity index (χ0) is 15.4. The molecule has 0 aromatic heterocycles. The number of hydrogen-bond donors (Lipinski definition) is 0. The van der Waals surface area contributed by atoms with Crippen molar-refractivity contribution in [1.82, 2.24) is 0 Å². The van der Waals surface area contributed by atoms with E-state index in [1.807, 2.05) is 44.2 Å². The fourth-order valence-electron chi connectivity index (χ4n) is 2.50. The number of nitrogens with zero attached hydrogens (tertiary/aromatic N) is 1. The molecular weight excluding hydrogens is 282 g/mol. The molecule has 0 aliphatic carbocycles. The average molecular weight is 304 g/mol. The van der Waals surface area contributed by atoms with Crippen LogP contribution in [0.4, 0.5) is 5.69 Å². The van der Waals surface area contributed by atoms with Crippen molar-refractivity contribution in [3.8, 4) is 5.75 Å². The zero-order valence-corrected chi connectivity index (χ0v) is 13.8. The lowest BCUT2D eigenvalue weighted by Crippen LogP contribution is -2.37. The number of para-hydroxylation sites is 1. The second-order valence-corrected chi connectivity index (χ2v) is 5.59. The maximum Gasteiger partial charge on any atom is 0.169 e. The third-order valence-electron chi connectivity index (χ3n) is 3.58. The lowest BCUT2D eigenvalue weighted by atomic mass is 10.1. The molecule has 112 valence electrons. The first-order valence-corrected chi connectivity index (χ1v) is 7.65. The van der Waals surface area contributed by atoms with Crippen LogP contribution in [0.25, 0.3) is 0 Å². The summed E-state index contributed by atoms with van der Waals surface area (Å²) in [6, 6.07) is 14.3. The molecule has 2 aromatic rings. The summed E-state index contributed by atoms with van der Waals surface area (Å²) in [4.78, 5) is 2.22. The Morgan fingerprint density at radius 1 is 1.10 bits per heavy atom. The number of ether oxygens (including phenoxy) is 1. The van der Waals surface area contributed by atoms with Crippen LogP contribution in [0.1, 0.15) is 25.0 Å². The third kappa shape index (κ3) is 3.70. The van der Waals surface area contributed by atoms with E-state index in [1.165, 1.54) is 0 Å². The first-order chi connectivity index (χ1) is 10.0. The Labute approximate surface area is 132 Å². The molecule has 1 unspecified atom stereocenters. The quantitative estimate of drug-likeness (QED) is 0.703. The fraction of sp³-hybridized carbons (Fsp3) is 0.333. The molecule has 0 saturated heterocycles. The van der Waals surface area contributed by atoms with Crippen molar-refractivity contribution in [3.63, 3.8) is 0 Å². The van der Waals surface area contributed by atoms with Crippen LogP contribution in [0.15, 0.2) is 42.5 Å². The number of rotatable bonds is 5. The van der Waals surface area contributed by atoms with E-state index in [9.17, 15) is 0 Å². The minimum absolute atomic E-state index is 0.0441. The van der Waals surface area contributed by atoms with Crippen LogP contribution in [0.3, 0.4) is 0 Å². The van der Waals surface area contributed by atoms with E-state index in [1.54, 1.807) is 0 Å². The molecule has 0 N–H and O–H groups in total. The first-order valence-electron chi connectivity index (χ1n) is 7.28. The van der Waals surface area contributed by atoms with Crippen LogP contribution in [0.5, 0.6) is 5.75 Å². The Morgan fingerprint density at radius 3 is 2.19 bits per heavy atom. The number of benzene rings is 2. The minimum atomic E-state index is -0.0441. The molecular formula is C18H22ClNO. The predicted octanol–water partition coefficient (Wildman–Crippen LogP) is 5.21. The summed E-state index contributed by atoms with van der Waals surface area (Å²) in [6.07, 6.45) is -0.0441. The second-order valence-electron chi connectivity index (χ2n) is 5.21. The van der Waals surface area contributed by atoms with E-state index in [0.29, 0.717) is 0 Å². The topological polar surface area (TPSA) is 12.5 Å². The predicted molar refractivity (Wildman–Crippen MR) is 90.5 cm³/mol. The maximum absolute atomic E-state index is 6.21. The van der Waals surface area contributed by atoms with Gasteiger partial charge in [-0.3, -0.25) is 0 Å². The molecule has 0 aliphatic rings. The van der Waals surface area contributed by atoms with Crippen LogP contribution in [0.2, 0.25) is 5.02 Å². The van der Waals surface area contributed by atoms with E-state index in [4.69, 9.17) is 16.3 Å². The SMILES string of the molecule is CCN(c1ccccc1)C(C)Oc1cc(C)c(Cl)c(C)c1. The van der Waals surface area contributed by atoms with Gasteiger partial charge < -0.3 is 9.64 Å². The van der Waals surface area contributed by atoms with Gasteiger partial charge in [0.05, 0.1) is 0 Å². The van der Waals surface area contributed by atoms with Gasteiger partial charge in [0.2, 0.25) is 0 Å². The molecule has 0 heterocycles. The summed E-state index contributed by atoms with van der Waals surface area (Å²) in [5.74, 6) is 0.858. The minimum Gasteiger partial charge on any atom is -0.471 e.